The van der Waals surface area contributed by atoms with E-state index < -0.39 is 0 Å². The van der Waals surface area contributed by atoms with Crippen molar-refractivity contribution in [2.45, 2.75) is 52.5 Å². The van der Waals surface area contributed by atoms with E-state index in [9.17, 15) is 14.4 Å². The minimum Gasteiger partial charge on any atom is -0.338 e. The molecular formula is C16H23NO3. The molecule has 0 unspecified atom stereocenters. The molecule has 4 nitrogen and oxygen atoms in total. The minimum absolute atomic E-state index is 0.0204. The molecular weight excluding hydrogens is 254 g/mol. The molecule has 0 bridgehead atoms. The summed E-state index contributed by atoms with van der Waals surface area (Å²) in [7, 11) is 0. The van der Waals surface area contributed by atoms with Gasteiger partial charge in [0.25, 0.3) is 0 Å². The van der Waals surface area contributed by atoms with Gasteiger partial charge in [0.1, 0.15) is 11.6 Å². The molecule has 3 aliphatic rings. The van der Waals surface area contributed by atoms with Crippen molar-refractivity contribution in [3.63, 3.8) is 0 Å². The number of fused-ring (bicyclic) bond motifs is 1. The van der Waals surface area contributed by atoms with Gasteiger partial charge in [0.15, 0.2) is 0 Å². The third-order valence-corrected chi connectivity index (χ3v) is 5.13. The Hall–Kier alpha value is -1.19. The molecule has 0 aromatic rings. The van der Waals surface area contributed by atoms with Crippen molar-refractivity contribution >= 4 is 17.5 Å². The fourth-order valence-corrected chi connectivity index (χ4v) is 4.07. The fraction of sp³-hybridized carbons (Fsp3) is 0.812. The smallest absolute Gasteiger partial charge is 0.227 e. The van der Waals surface area contributed by atoms with E-state index in [1.54, 1.807) is 6.92 Å². The van der Waals surface area contributed by atoms with Crippen LogP contribution in [0.3, 0.4) is 0 Å². The predicted molar refractivity (Wildman–Crippen MR) is 73.9 cm³/mol. The highest BCUT2D eigenvalue weighted by Crippen LogP contribution is 2.47. The van der Waals surface area contributed by atoms with E-state index in [-0.39, 0.29) is 53.1 Å². The Morgan fingerprint density at radius 1 is 1.30 bits per heavy atom. The minimum atomic E-state index is -0.387. The third kappa shape index (κ3) is 2.19. The zero-order valence-electron chi connectivity index (χ0n) is 12.5. The first kappa shape index (κ1) is 13.8. The van der Waals surface area contributed by atoms with E-state index >= 15 is 0 Å². The monoisotopic (exact) mass is 277 g/mol. The summed E-state index contributed by atoms with van der Waals surface area (Å²) in [5, 5.41) is 0. The molecule has 1 aliphatic carbocycles. The average Bonchev–Trinajstić information content (AvgIpc) is 3.08. The largest absolute Gasteiger partial charge is 0.338 e. The Morgan fingerprint density at radius 2 is 1.95 bits per heavy atom. The van der Waals surface area contributed by atoms with Crippen molar-refractivity contribution in [3.8, 4) is 0 Å². The molecule has 1 amide bonds. The molecule has 4 heteroatoms. The Kier molecular flexibility index (Phi) is 3.03. The van der Waals surface area contributed by atoms with Crippen LogP contribution in [0.2, 0.25) is 0 Å². The van der Waals surface area contributed by atoms with E-state index in [0.29, 0.717) is 6.54 Å². The van der Waals surface area contributed by atoms with Gasteiger partial charge in [-0.1, -0.05) is 13.8 Å². The van der Waals surface area contributed by atoms with E-state index in [1.807, 2.05) is 4.90 Å². The number of ketones is 2. The number of nitrogens with zero attached hydrogens (tertiary/aromatic N) is 1. The van der Waals surface area contributed by atoms with Gasteiger partial charge in [0, 0.05) is 30.8 Å². The van der Waals surface area contributed by atoms with Gasteiger partial charge in [-0.3, -0.25) is 14.4 Å². The first-order chi connectivity index (χ1) is 9.30. The van der Waals surface area contributed by atoms with Crippen molar-refractivity contribution in [1.29, 1.82) is 0 Å². The van der Waals surface area contributed by atoms with E-state index in [1.165, 1.54) is 0 Å². The normalized spacial score (nSPS) is 35.2. The molecule has 3 atom stereocenters. The Morgan fingerprint density at radius 3 is 2.50 bits per heavy atom. The summed E-state index contributed by atoms with van der Waals surface area (Å²) < 4.78 is 0. The third-order valence-electron chi connectivity index (χ3n) is 5.13. The lowest BCUT2D eigenvalue weighted by Crippen LogP contribution is -2.31. The Bertz CT molecular complexity index is 478. The number of hydrogen-bond acceptors (Lipinski definition) is 3. The van der Waals surface area contributed by atoms with Crippen LogP contribution in [0.5, 0.6) is 0 Å². The fourth-order valence-electron chi connectivity index (χ4n) is 4.07. The first-order valence-electron chi connectivity index (χ1n) is 7.64. The standard InChI is InChI=1S/C16H23NO3/c1-9(18)14-11(6-13(19)10-4-5-10)15(20)17-8-16(2,3)7-12(14)17/h10-12,14H,4-8H2,1-3H3/t11-,12-,14+/m0/s1. The Balaban J connectivity index is 1.82. The van der Waals surface area contributed by atoms with E-state index in [0.717, 1.165) is 19.3 Å². The molecule has 0 N–H and O–H groups in total. The molecule has 110 valence electrons. The second-order valence-electron chi connectivity index (χ2n) is 7.59. The highest BCUT2D eigenvalue weighted by molar-refractivity contribution is 5.96. The summed E-state index contributed by atoms with van der Waals surface area (Å²) in [6.07, 6.45) is 3.08. The number of carbonyl (C=O) groups is 3. The average molecular weight is 277 g/mol. The molecule has 1 saturated carbocycles. The molecule has 2 heterocycles. The van der Waals surface area contributed by atoms with Crippen LogP contribution in [0.15, 0.2) is 0 Å². The number of carbonyl (C=O) groups excluding carboxylic acids is 3. The van der Waals surface area contributed by atoms with Gasteiger partial charge in [-0.2, -0.15) is 0 Å². The molecule has 2 aliphatic heterocycles. The molecule has 20 heavy (non-hydrogen) atoms. The number of Topliss-reactive ketones (excluding diaryl/α,β-unsaturated/α-hetero) is 2. The van der Waals surface area contributed by atoms with Crippen molar-refractivity contribution < 1.29 is 14.4 Å². The molecule has 3 fully saturated rings. The number of amides is 1. The zero-order chi connectivity index (χ0) is 14.7. The Labute approximate surface area is 119 Å². The highest BCUT2D eigenvalue weighted by Gasteiger charge is 2.56. The molecule has 0 spiro atoms. The van der Waals surface area contributed by atoms with Crippen LogP contribution in [0.4, 0.5) is 0 Å². The van der Waals surface area contributed by atoms with Crippen LogP contribution in [-0.4, -0.2) is 35.0 Å². The van der Waals surface area contributed by atoms with Crippen LogP contribution in [0, 0.1) is 23.2 Å². The van der Waals surface area contributed by atoms with Crippen molar-refractivity contribution in [2.24, 2.45) is 23.2 Å². The SMILES string of the molecule is CC(=O)[C@@H]1[C@H](CC(=O)C2CC2)C(=O)N2CC(C)(C)C[C@@H]12. The molecule has 2 saturated heterocycles. The number of rotatable bonds is 4. The summed E-state index contributed by atoms with van der Waals surface area (Å²) in [4.78, 5) is 38.5. The lowest BCUT2D eigenvalue weighted by atomic mass is 9.78. The van der Waals surface area contributed by atoms with Crippen LogP contribution in [-0.2, 0) is 14.4 Å². The van der Waals surface area contributed by atoms with Crippen LogP contribution in [0.1, 0.15) is 46.5 Å². The zero-order valence-corrected chi connectivity index (χ0v) is 12.5. The first-order valence-corrected chi connectivity index (χ1v) is 7.64. The van der Waals surface area contributed by atoms with E-state index in [4.69, 9.17) is 0 Å². The maximum atomic E-state index is 12.6. The van der Waals surface area contributed by atoms with Gasteiger partial charge in [-0.25, -0.2) is 0 Å². The lowest BCUT2D eigenvalue weighted by molar-refractivity contribution is -0.135. The van der Waals surface area contributed by atoms with Crippen molar-refractivity contribution in [2.75, 3.05) is 6.54 Å². The van der Waals surface area contributed by atoms with Gasteiger partial charge in [-0.15, -0.1) is 0 Å². The summed E-state index contributed by atoms with van der Waals surface area (Å²) in [5.74, 6) is -0.196. The highest BCUT2D eigenvalue weighted by atomic mass is 16.2. The molecule has 3 rings (SSSR count). The van der Waals surface area contributed by atoms with Gasteiger partial charge in [-0.05, 0) is 31.6 Å². The molecule has 0 aromatic heterocycles. The lowest BCUT2D eigenvalue weighted by Gasteiger charge is -2.22. The topological polar surface area (TPSA) is 54.5 Å². The van der Waals surface area contributed by atoms with Gasteiger partial charge < -0.3 is 4.90 Å². The van der Waals surface area contributed by atoms with Crippen molar-refractivity contribution in [3.05, 3.63) is 0 Å². The second kappa shape index (κ2) is 4.40. The summed E-state index contributed by atoms with van der Waals surface area (Å²) >= 11 is 0. The number of hydrogen-bond donors (Lipinski definition) is 0. The van der Waals surface area contributed by atoms with Crippen molar-refractivity contribution in [1.82, 2.24) is 4.90 Å². The quantitative estimate of drug-likeness (QED) is 0.787. The van der Waals surface area contributed by atoms with Gasteiger partial charge >= 0.3 is 0 Å². The second-order valence-corrected chi connectivity index (χ2v) is 7.59. The van der Waals surface area contributed by atoms with Crippen LogP contribution in [0.25, 0.3) is 0 Å². The van der Waals surface area contributed by atoms with Crippen LogP contribution < -0.4 is 0 Å². The summed E-state index contributed by atoms with van der Waals surface area (Å²) in [6.45, 7) is 6.57. The van der Waals surface area contributed by atoms with Crippen LogP contribution >= 0.6 is 0 Å². The van der Waals surface area contributed by atoms with E-state index in [2.05, 4.69) is 13.8 Å². The van der Waals surface area contributed by atoms with Gasteiger partial charge in [0.2, 0.25) is 5.91 Å². The maximum Gasteiger partial charge on any atom is 0.227 e. The summed E-state index contributed by atoms with van der Waals surface area (Å²) in [6, 6.07) is 0.0204. The molecule has 0 aromatic carbocycles. The molecule has 0 radical (unpaired) electrons. The summed E-state index contributed by atoms with van der Waals surface area (Å²) in [5.41, 5.74) is 0.0828. The predicted octanol–water partition coefficient (Wildman–Crippen LogP) is 1.82. The van der Waals surface area contributed by atoms with Gasteiger partial charge in [0.05, 0.1) is 5.92 Å². The maximum absolute atomic E-state index is 12.6.